The van der Waals surface area contributed by atoms with Gasteiger partial charge in [0.25, 0.3) is 0 Å². The molecule has 0 saturated heterocycles. The van der Waals surface area contributed by atoms with Crippen molar-refractivity contribution in [2.45, 2.75) is 25.6 Å². The van der Waals surface area contributed by atoms with Crippen LogP contribution in [0.25, 0.3) is 0 Å². The van der Waals surface area contributed by atoms with E-state index in [1.165, 1.54) is 13.3 Å². The van der Waals surface area contributed by atoms with E-state index in [4.69, 9.17) is 9.47 Å². The Bertz CT molecular complexity index is 407. The van der Waals surface area contributed by atoms with E-state index in [-0.39, 0.29) is 6.61 Å². The maximum atomic E-state index is 12.1. The zero-order chi connectivity index (χ0) is 15.2. The van der Waals surface area contributed by atoms with E-state index in [1.807, 2.05) is 6.92 Å². The van der Waals surface area contributed by atoms with Crippen LogP contribution in [0.1, 0.15) is 25.1 Å². The zero-order valence-electron chi connectivity index (χ0n) is 11.8. The van der Waals surface area contributed by atoms with Crippen LogP contribution in [0.3, 0.4) is 0 Å². The molecule has 116 valence electrons. The minimum absolute atomic E-state index is 0.102. The van der Waals surface area contributed by atoms with Crippen LogP contribution in [-0.4, -0.2) is 42.8 Å². The molecule has 1 rings (SSSR count). The SMILES string of the molecule is CCCNC(COCC(F)(F)F)c1c(OC)cnn1C. The van der Waals surface area contributed by atoms with Gasteiger partial charge in [-0.3, -0.25) is 4.68 Å². The summed E-state index contributed by atoms with van der Waals surface area (Å²) in [6.07, 6.45) is -1.94. The summed E-state index contributed by atoms with van der Waals surface area (Å²) in [6.45, 7) is 1.27. The highest BCUT2D eigenvalue weighted by molar-refractivity contribution is 5.28. The Morgan fingerprint density at radius 1 is 1.45 bits per heavy atom. The summed E-state index contributed by atoms with van der Waals surface area (Å²) in [6, 6.07) is -0.403. The Hall–Kier alpha value is -1.28. The van der Waals surface area contributed by atoms with Gasteiger partial charge in [0, 0.05) is 7.05 Å². The van der Waals surface area contributed by atoms with Crippen LogP contribution in [0.5, 0.6) is 5.75 Å². The fourth-order valence-electron chi connectivity index (χ4n) is 1.83. The van der Waals surface area contributed by atoms with Gasteiger partial charge in [-0.2, -0.15) is 18.3 Å². The molecule has 1 aromatic heterocycles. The predicted octanol–water partition coefficient (Wildman–Crippen LogP) is 2.05. The van der Waals surface area contributed by atoms with Crippen molar-refractivity contribution in [3.8, 4) is 5.75 Å². The van der Waals surface area contributed by atoms with Gasteiger partial charge in [-0.25, -0.2) is 0 Å². The second-order valence-corrected chi connectivity index (χ2v) is 4.36. The quantitative estimate of drug-likeness (QED) is 0.797. The van der Waals surface area contributed by atoms with Crippen molar-refractivity contribution in [1.29, 1.82) is 0 Å². The number of rotatable bonds is 8. The summed E-state index contributed by atoms with van der Waals surface area (Å²) in [7, 11) is 3.20. The molecule has 0 bridgehead atoms. The number of halogens is 3. The van der Waals surface area contributed by atoms with Gasteiger partial charge in [0.15, 0.2) is 5.75 Å². The summed E-state index contributed by atoms with van der Waals surface area (Å²) >= 11 is 0. The van der Waals surface area contributed by atoms with Gasteiger partial charge in [0.1, 0.15) is 6.61 Å². The molecule has 20 heavy (non-hydrogen) atoms. The molecule has 1 heterocycles. The lowest BCUT2D eigenvalue weighted by atomic mass is 10.2. The van der Waals surface area contributed by atoms with Crippen LogP contribution < -0.4 is 10.1 Å². The van der Waals surface area contributed by atoms with E-state index >= 15 is 0 Å². The molecular formula is C12H20F3N3O2. The van der Waals surface area contributed by atoms with Gasteiger partial charge in [-0.05, 0) is 13.0 Å². The first-order chi connectivity index (χ1) is 9.39. The van der Waals surface area contributed by atoms with E-state index in [0.29, 0.717) is 18.0 Å². The van der Waals surface area contributed by atoms with Crippen LogP contribution >= 0.6 is 0 Å². The van der Waals surface area contributed by atoms with Crippen molar-refractivity contribution in [2.24, 2.45) is 7.05 Å². The lowest BCUT2D eigenvalue weighted by Gasteiger charge is -2.20. The first-order valence-electron chi connectivity index (χ1n) is 6.32. The molecule has 0 aliphatic carbocycles. The maximum absolute atomic E-state index is 12.1. The number of nitrogens with zero attached hydrogens (tertiary/aromatic N) is 2. The van der Waals surface area contributed by atoms with Gasteiger partial charge >= 0.3 is 6.18 Å². The Morgan fingerprint density at radius 3 is 2.70 bits per heavy atom. The summed E-state index contributed by atoms with van der Waals surface area (Å²) in [5.41, 5.74) is 0.670. The highest BCUT2D eigenvalue weighted by Crippen LogP contribution is 2.25. The zero-order valence-corrected chi connectivity index (χ0v) is 11.8. The standard InChI is InChI=1S/C12H20F3N3O2/c1-4-5-16-9(7-20-8-12(13,14)15)11-10(19-3)6-17-18(11)2/h6,9,16H,4-5,7-8H2,1-3H3. The van der Waals surface area contributed by atoms with Gasteiger partial charge in [0.05, 0.1) is 31.6 Å². The smallest absolute Gasteiger partial charge is 0.411 e. The highest BCUT2D eigenvalue weighted by atomic mass is 19.4. The van der Waals surface area contributed by atoms with E-state index in [9.17, 15) is 13.2 Å². The number of ether oxygens (including phenoxy) is 2. The number of aryl methyl sites for hydroxylation is 1. The third-order valence-electron chi connectivity index (χ3n) is 2.69. The molecule has 0 aromatic carbocycles. The van der Waals surface area contributed by atoms with Crippen molar-refractivity contribution < 1.29 is 22.6 Å². The second kappa shape index (κ2) is 7.49. The molecule has 0 amide bonds. The molecule has 0 aliphatic rings. The normalized spacial score (nSPS) is 13.5. The Morgan fingerprint density at radius 2 is 2.15 bits per heavy atom. The van der Waals surface area contributed by atoms with Crippen LogP contribution in [0.4, 0.5) is 13.2 Å². The molecule has 1 atom stereocenters. The summed E-state index contributed by atoms with van der Waals surface area (Å²) in [5.74, 6) is 0.525. The highest BCUT2D eigenvalue weighted by Gasteiger charge is 2.29. The molecule has 8 heteroatoms. The lowest BCUT2D eigenvalue weighted by molar-refractivity contribution is -0.175. The fourth-order valence-corrected chi connectivity index (χ4v) is 1.83. The van der Waals surface area contributed by atoms with E-state index in [2.05, 4.69) is 10.4 Å². The van der Waals surface area contributed by atoms with Crippen molar-refractivity contribution in [2.75, 3.05) is 26.9 Å². The number of methoxy groups -OCH3 is 1. The molecule has 5 nitrogen and oxygen atoms in total. The molecule has 1 aromatic rings. The van der Waals surface area contributed by atoms with Crippen LogP contribution in [0.15, 0.2) is 6.20 Å². The number of aromatic nitrogens is 2. The van der Waals surface area contributed by atoms with Crippen molar-refractivity contribution >= 4 is 0 Å². The topological polar surface area (TPSA) is 48.3 Å². The van der Waals surface area contributed by atoms with Crippen LogP contribution in [0.2, 0.25) is 0 Å². The molecule has 0 fully saturated rings. The molecule has 0 saturated carbocycles. The Labute approximate surface area is 116 Å². The van der Waals surface area contributed by atoms with Crippen molar-refractivity contribution in [3.05, 3.63) is 11.9 Å². The summed E-state index contributed by atoms with van der Waals surface area (Å²) in [4.78, 5) is 0. The third-order valence-corrected chi connectivity index (χ3v) is 2.69. The average molecular weight is 295 g/mol. The molecule has 1 N–H and O–H groups in total. The number of hydrogen-bond acceptors (Lipinski definition) is 4. The van der Waals surface area contributed by atoms with Crippen molar-refractivity contribution in [1.82, 2.24) is 15.1 Å². The molecule has 0 radical (unpaired) electrons. The fraction of sp³-hybridized carbons (Fsp3) is 0.750. The number of hydrogen-bond donors (Lipinski definition) is 1. The third kappa shape index (κ3) is 5.01. The van der Waals surface area contributed by atoms with Gasteiger partial charge in [0.2, 0.25) is 0 Å². The van der Waals surface area contributed by atoms with E-state index < -0.39 is 18.8 Å². The average Bonchev–Trinajstić information content (AvgIpc) is 2.73. The Kier molecular flexibility index (Phi) is 6.28. The minimum atomic E-state index is -4.33. The van der Waals surface area contributed by atoms with Gasteiger partial charge in [-0.15, -0.1) is 0 Å². The maximum Gasteiger partial charge on any atom is 0.411 e. The Balaban J connectivity index is 2.75. The van der Waals surface area contributed by atoms with Crippen LogP contribution in [-0.2, 0) is 11.8 Å². The molecule has 0 aliphatic heterocycles. The number of alkyl halides is 3. The molecule has 1 unspecified atom stereocenters. The number of nitrogens with one attached hydrogen (secondary N) is 1. The minimum Gasteiger partial charge on any atom is -0.493 e. The monoisotopic (exact) mass is 295 g/mol. The van der Waals surface area contributed by atoms with E-state index in [1.54, 1.807) is 11.7 Å². The van der Waals surface area contributed by atoms with Gasteiger partial charge in [-0.1, -0.05) is 6.92 Å². The summed E-state index contributed by atoms with van der Waals surface area (Å²) in [5, 5.41) is 7.19. The summed E-state index contributed by atoms with van der Waals surface area (Å²) < 4.78 is 47.9. The molecule has 0 spiro atoms. The van der Waals surface area contributed by atoms with Gasteiger partial charge < -0.3 is 14.8 Å². The molecular weight excluding hydrogens is 275 g/mol. The first kappa shape index (κ1) is 16.8. The largest absolute Gasteiger partial charge is 0.493 e. The van der Waals surface area contributed by atoms with Crippen LogP contribution in [0, 0.1) is 0 Å². The second-order valence-electron chi connectivity index (χ2n) is 4.36. The lowest BCUT2D eigenvalue weighted by Crippen LogP contribution is -2.30. The predicted molar refractivity (Wildman–Crippen MR) is 67.7 cm³/mol. The first-order valence-corrected chi connectivity index (χ1v) is 6.32. The van der Waals surface area contributed by atoms with E-state index in [0.717, 1.165) is 6.42 Å². The van der Waals surface area contributed by atoms with Crippen molar-refractivity contribution in [3.63, 3.8) is 0 Å².